The molecular weight excluding hydrogens is 474 g/mol. The third-order valence-corrected chi connectivity index (χ3v) is 5.28. The molecule has 2 aromatic heterocycles. The van der Waals surface area contributed by atoms with Gasteiger partial charge >= 0.3 is 0 Å². The number of hydrogen-bond donors (Lipinski definition) is 1. The summed E-state index contributed by atoms with van der Waals surface area (Å²) in [5.41, 5.74) is 5.85. The Hall–Kier alpha value is -5.52. The van der Waals surface area contributed by atoms with Crippen LogP contribution in [0.15, 0.2) is 96.2 Å². The van der Waals surface area contributed by atoms with Crippen LogP contribution in [0, 0.1) is 10.1 Å². The molecule has 0 atom stereocenters. The Kier molecular flexibility index (Phi) is 6.53. The number of hydrazone groups is 1. The maximum atomic E-state index is 12.4. The molecule has 0 saturated carbocycles. The largest absolute Gasteiger partial charge is 0.271 e. The number of tetrazole rings is 1. The summed E-state index contributed by atoms with van der Waals surface area (Å²) in [6, 6.07) is 24.8. The smallest absolute Gasteiger partial charge is 0.269 e. The number of nitro groups is 1. The Balaban J connectivity index is 1.33. The van der Waals surface area contributed by atoms with Crippen molar-refractivity contribution in [2.45, 2.75) is 6.54 Å². The minimum atomic E-state index is -0.461. The predicted octanol–water partition coefficient (Wildman–Crippen LogP) is 3.25. The van der Waals surface area contributed by atoms with Crippen molar-refractivity contribution in [2.24, 2.45) is 5.10 Å². The molecule has 1 N–H and O–H groups in total. The van der Waals surface area contributed by atoms with Gasteiger partial charge in [-0.1, -0.05) is 48.5 Å². The maximum absolute atomic E-state index is 12.4. The quantitative estimate of drug-likeness (QED) is 0.198. The van der Waals surface area contributed by atoms with Gasteiger partial charge in [0.1, 0.15) is 12.2 Å². The number of carbonyl (C=O) groups excluding carboxylic acids is 1. The van der Waals surface area contributed by atoms with Crippen LogP contribution in [0.4, 0.5) is 5.69 Å². The Morgan fingerprint density at radius 1 is 0.946 bits per heavy atom. The van der Waals surface area contributed by atoms with E-state index >= 15 is 0 Å². The van der Waals surface area contributed by atoms with E-state index < -0.39 is 10.8 Å². The molecule has 1 amide bonds. The first-order valence-electron chi connectivity index (χ1n) is 11.1. The average molecular weight is 493 g/mol. The number of hydrogen-bond acceptors (Lipinski definition) is 8. The number of rotatable bonds is 8. The zero-order chi connectivity index (χ0) is 25.6. The summed E-state index contributed by atoms with van der Waals surface area (Å²) in [7, 11) is 0. The molecule has 12 heteroatoms. The number of para-hydroxylation sites is 1. The Labute approximate surface area is 210 Å². The van der Waals surface area contributed by atoms with E-state index in [0.717, 1.165) is 11.3 Å². The van der Waals surface area contributed by atoms with E-state index in [-0.39, 0.29) is 12.2 Å². The number of nitrogens with zero attached hydrogens (tertiary/aromatic N) is 8. The lowest BCUT2D eigenvalue weighted by Gasteiger charge is -2.00. The summed E-state index contributed by atoms with van der Waals surface area (Å²) in [5.74, 6) is -0.0291. The molecule has 0 saturated heterocycles. The second kappa shape index (κ2) is 10.4. The molecule has 5 aromatic rings. The van der Waals surface area contributed by atoms with Gasteiger partial charge in [0.15, 0.2) is 0 Å². The van der Waals surface area contributed by atoms with Crippen molar-refractivity contribution in [1.29, 1.82) is 0 Å². The third kappa shape index (κ3) is 5.43. The molecule has 0 radical (unpaired) electrons. The van der Waals surface area contributed by atoms with E-state index in [1.165, 1.54) is 23.1 Å². The number of aromatic nitrogens is 6. The maximum Gasteiger partial charge on any atom is 0.269 e. The molecule has 2 heterocycles. The highest BCUT2D eigenvalue weighted by Gasteiger charge is 2.14. The van der Waals surface area contributed by atoms with Crippen molar-refractivity contribution in [1.82, 2.24) is 35.4 Å². The van der Waals surface area contributed by atoms with Gasteiger partial charge in [-0.3, -0.25) is 14.9 Å². The Morgan fingerprint density at radius 3 is 2.35 bits per heavy atom. The van der Waals surface area contributed by atoms with E-state index in [1.807, 2.05) is 60.7 Å². The minimum Gasteiger partial charge on any atom is -0.271 e. The Bertz CT molecular complexity index is 1560. The molecule has 0 aliphatic rings. The van der Waals surface area contributed by atoms with E-state index in [0.29, 0.717) is 22.6 Å². The molecule has 0 spiro atoms. The van der Waals surface area contributed by atoms with Crippen LogP contribution in [0.3, 0.4) is 0 Å². The van der Waals surface area contributed by atoms with Crippen molar-refractivity contribution >= 4 is 17.8 Å². The monoisotopic (exact) mass is 493 g/mol. The summed E-state index contributed by atoms with van der Waals surface area (Å²) in [5, 5.41) is 31.8. The lowest BCUT2D eigenvalue weighted by Crippen LogP contribution is -2.24. The zero-order valence-corrected chi connectivity index (χ0v) is 19.2. The molecule has 37 heavy (non-hydrogen) atoms. The first-order valence-corrected chi connectivity index (χ1v) is 11.1. The second-order valence-electron chi connectivity index (χ2n) is 7.82. The number of nitrogens with one attached hydrogen (secondary N) is 1. The molecule has 12 nitrogen and oxygen atoms in total. The van der Waals surface area contributed by atoms with Crippen LogP contribution in [0.1, 0.15) is 5.56 Å². The topological polar surface area (TPSA) is 146 Å². The van der Waals surface area contributed by atoms with Crippen LogP contribution in [-0.2, 0) is 11.3 Å². The standard InChI is InChI=1S/C25H19N9O3/c35-23(17-33-30-25(28-31-33)19-7-3-1-4-8-19)27-26-15-20-16-32(21-9-5-2-6-10-21)29-24(20)18-11-13-22(14-12-18)34(36)37/h1-16H,17H2,(H,27,35)/b26-15+. The van der Waals surface area contributed by atoms with Gasteiger partial charge in [-0.05, 0) is 29.5 Å². The summed E-state index contributed by atoms with van der Waals surface area (Å²) in [6.07, 6.45) is 3.22. The molecule has 0 aliphatic heterocycles. The molecule has 0 fully saturated rings. The highest BCUT2D eigenvalue weighted by Crippen LogP contribution is 2.25. The van der Waals surface area contributed by atoms with Crippen LogP contribution in [-0.4, -0.2) is 47.0 Å². The number of nitro benzene ring substituents is 1. The lowest BCUT2D eigenvalue weighted by atomic mass is 10.1. The fourth-order valence-corrected chi connectivity index (χ4v) is 3.51. The zero-order valence-electron chi connectivity index (χ0n) is 19.2. The lowest BCUT2D eigenvalue weighted by molar-refractivity contribution is -0.384. The van der Waals surface area contributed by atoms with E-state index in [4.69, 9.17) is 0 Å². The average Bonchev–Trinajstić information content (AvgIpc) is 3.57. The summed E-state index contributed by atoms with van der Waals surface area (Å²) >= 11 is 0. The van der Waals surface area contributed by atoms with Crippen LogP contribution in [0.5, 0.6) is 0 Å². The summed E-state index contributed by atoms with van der Waals surface area (Å²) in [6.45, 7) is -0.171. The van der Waals surface area contributed by atoms with E-state index in [1.54, 1.807) is 23.0 Å². The van der Waals surface area contributed by atoms with Crippen molar-refractivity contribution in [3.8, 4) is 28.3 Å². The normalized spacial score (nSPS) is 11.0. The van der Waals surface area contributed by atoms with Gasteiger partial charge in [0.2, 0.25) is 5.82 Å². The highest BCUT2D eigenvalue weighted by molar-refractivity contribution is 5.89. The van der Waals surface area contributed by atoms with Gasteiger partial charge in [-0.25, -0.2) is 10.1 Å². The van der Waals surface area contributed by atoms with Gasteiger partial charge in [-0.15, -0.1) is 10.2 Å². The molecule has 3 aromatic carbocycles. The first kappa shape index (κ1) is 23.2. The third-order valence-electron chi connectivity index (χ3n) is 5.28. The molecule has 0 aliphatic carbocycles. The van der Waals surface area contributed by atoms with Gasteiger partial charge < -0.3 is 0 Å². The number of non-ortho nitro benzene ring substituents is 1. The van der Waals surface area contributed by atoms with Crippen LogP contribution in [0.25, 0.3) is 28.3 Å². The summed E-state index contributed by atoms with van der Waals surface area (Å²) in [4.78, 5) is 24.1. The van der Waals surface area contributed by atoms with Gasteiger partial charge in [0.05, 0.1) is 16.8 Å². The van der Waals surface area contributed by atoms with E-state index in [9.17, 15) is 14.9 Å². The molecule has 5 rings (SSSR count). The van der Waals surface area contributed by atoms with Gasteiger partial charge in [0, 0.05) is 35.0 Å². The number of carbonyl (C=O) groups is 1. The summed E-state index contributed by atoms with van der Waals surface area (Å²) < 4.78 is 1.67. The molecule has 0 bridgehead atoms. The highest BCUT2D eigenvalue weighted by atomic mass is 16.6. The van der Waals surface area contributed by atoms with Crippen LogP contribution in [0.2, 0.25) is 0 Å². The first-order chi connectivity index (χ1) is 18.1. The van der Waals surface area contributed by atoms with Gasteiger partial charge in [0.25, 0.3) is 11.6 Å². The van der Waals surface area contributed by atoms with Crippen molar-refractivity contribution in [3.63, 3.8) is 0 Å². The van der Waals surface area contributed by atoms with Crippen molar-refractivity contribution in [2.75, 3.05) is 0 Å². The van der Waals surface area contributed by atoms with Gasteiger partial charge in [-0.2, -0.15) is 15.0 Å². The van der Waals surface area contributed by atoms with Crippen molar-refractivity contribution in [3.05, 3.63) is 107 Å². The second-order valence-corrected chi connectivity index (χ2v) is 7.82. The SMILES string of the molecule is O=C(Cn1nnc(-c2ccccc2)n1)N/N=C/c1cn(-c2ccccc2)nc1-c1ccc([N+](=O)[O-])cc1. The molecular formula is C25H19N9O3. The van der Waals surface area contributed by atoms with Crippen LogP contribution < -0.4 is 5.43 Å². The Morgan fingerprint density at radius 2 is 1.65 bits per heavy atom. The van der Waals surface area contributed by atoms with Crippen molar-refractivity contribution < 1.29 is 9.72 Å². The fourth-order valence-electron chi connectivity index (χ4n) is 3.51. The molecule has 182 valence electrons. The van der Waals surface area contributed by atoms with Crippen LogP contribution >= 0.6 is 0 Å². The molecule has 0 unspecified atom stereocenters. The number of amides is 1. The predicted molar refractivity (Wildman–Crippen MR) is 135 cm³/mol. The fraction of sp³-hybridized carbons (Fsp3) is 0.0400. The minimum absolute atomic E-state index is 0.0223. The number of benzene rings is 3. The van der Waals surface area contributed by atoms with E-state index in [2.05, 4.69) is 31.0 Å².